The van der Waals surface area contributed by atoms with E-state index in [1.165, 1.54) is 23.4 Å². The van der Waals surface area contributed by atoms with Crippen LogP contribution < -0.4 is 0 Å². The summed E-state index contributed by atoms with van der Waals surface area (Å²) in [4.78, 5) is 0. The van der Waals surface area contributed by atoms with Crippen LogP contribution in [0.3, 0.4) is 0 Å². The highest BCUT2D eigenvalue weighted by Gasteiger charge is 2.31. The average molecular weight is 359 g/mol. The van der Waals surface area contributed by atoms with Crippen LogP contribution >= 0.6 is 0 Å². The van der Waals surface area contributed by atoms with Crippen molar-refractivity contribution >= 4 is 10.0 Å². The Bertz CT molecular complexity index is 647. The van der Waals surface area contributed by atoms with Crippen molar-refractivity contribution in [2.24, 2.45) is 5.92 Å². The molecule has 1 aromatic heterocycles. The van der Waals surface area contributed by atoms with E-state index < -0.39 is 16.1 Å². The van der Waals surface area contributed by atoms with E-state index in [2.05, 4.69) is 17.1 Å². The average Bonchev–Trinajstić information content (AvgIpc) is 3.01. The van der Waals surface area contributed by atoms with Crippen LogP contribution in [-0.4, -0.2) is 55.0 Å². The molecule has 0 spiro atoms. The van der Waals surface area contributed by atoms with Crippen LogP contribution in [0.4, 0.5) is 0 Å². The van der Waals surface area contributed by atoms with Gasteiger partial charge >= 0.3 is 0 Å². The van der Waals surface area contributed by atoms with E-state index in [4.69, 9.17) is 13.9 Å². The van der Waals surface area contributed by atoms with Gasteiger partial charge in [-0.05, 0) is 18.8 Å². The second-order valence-corrected chi connectivity index (χ2v) is 8.70. The number of ether oxygens (including phenoxy) is 2. The fourth-order valence-corrected chi connectivity index (χ4v) is 4.06. The van der Waals surface area contributed by atoms with E-state index >= 15 is 0 Å². The number of hydrogen-bond acceptors (Lipinski definition) is 7. The molecule has 0 amide bonds. The molecular weight excluding hydrogens is 334 g/mol. The van der Waals surface area contributed by atoms with Crippen molar-refractivity contribution in [1.29, 1.82) is 0 Å². The van der Waals surface area contributed by atoms with Crippen molar-refractivity contribution in [3.05, 3.63) is 11.8 Å². The van der Waals surface area contributed by atoms with Gasteiger partial charge in [-0.3, -0.25) is 0 Å². The molecule has 2 aliphatic rings. The molecule has 1 saturated carbocycles. The number of sulfonamides is 1. The van der Waals surface area contributed by atoms with Crippen molar-refractivity contribution in [1.82, 2.24) is 14.5 Å². The van der Waals surface area contributed by atoms with Crippen LogP contribution in [0.5, 0.6) is 0 Å². The lowest BCUT2D eigenvalue weighted by atomic mass is 9.89. The van der Waals surface area contributed by atoms with Gasteiger partial charge in [0.2, 0.25) is 21.8 Å². The van der Waals surface area contributed by atoms with Gasteiger partial charge in [0.15, 0.2) is 0 Å². The standard InChI is InChI=1S/C15H25N3O5S/c1-11-4-3-5-12(8-11)22-10-14-16-17-15(23-14)13-9-18(6-7-21-13)24(2,19)20/h11-13H,3-10H2,1-2H3. The van der Waals surface area contributed by atoms with Crippen molar-refractivity contribution in [2.45, 2.75) is 51.4 Å². The molecule has 3 unspecified atom stereocenters. The molecule has 1 saturated heterocycles. The summed E-state index contributed by atoms with van der Waals surface area (Å²) < 4.78 is 41.7. The van der Waals surface area contributed by atoms with Gasteiger partial charge in [0.1, 0.15) is 12.7 Å². The molecule has 2 heterocycles. The number of rotatable bonds is 5. The summed E-state index contributed by atoms with van der Waals surface area (Å²) in [5.74, 6) is 1.40. The second-order valence-electron chi connectivity index (χ2n) is 6.72. The Kier molecular flexibility index (Phi) is 5.53. The van der Waals surface area contributed by atoms with Crippen LogP contribution in [0, 0.1) is 5.92 Å². The Morgan fingerprint density at radius 3 is 2.92 bits per heavy atom. The molecule has 9 heteroatoms. The quantitative estimate of drug-likeness (QED) is 0.786. The predicted molar refractivity (Wildman–Crippen MR) is 85.6 cm³/mol. The molecule has 0 radical (unpaired) electrons. The van der Waals surface area contributed by atoms with E-state index in [0.717, 1.165) is 12.8 Å². The number of hydrogen-bond donors (Lipinski definition) is 0. The molecule has 136 valence electrons. The van der Waals surface area contributed by atoms with Gasteiger partial charge in [-0.2, -0.15) is 4.31 Å². The molecule has 1 aromatic rings. The SMILES string of the molecule is CC1CCCC(OCc2nnc(C3CN(S(C)(=O)=O)CCO3)o2)C1. The van der Waals surface area contributed by atoms with Crippen molar-refractivity contribution in [3.63, 3.8) is 0 Å². The maximum atomic E-state index is 11.7. The summed E-state index contributed by atoms with van der Waals surface area (Å²) in [5, 5.41) is 7.98. The van der Waals surface area contributed by atoms with Gasteiger partial charge in [0.05, 0.1) is 19.0 Å². The zero-order valence-electron chi connectivity index (χ0n) is 14.2. The molecule has 1 aliphatic carbocycles. The molecule has 2 fully saturated rings. The Hall–Kier alpha value is -1.03. The first-order valence-corrected chi connectivity index (χ1v) is 10.3. The van der Waals surface area contributed by atoms with Gasteiger partial charge in [0.25, 0.3) is 0 Å². The van der Waals surface area contributed by atoms with Crippen molar-refractivity contribution < 1.29 is 22.3 Å². The van der Waals surface area contributed by atoms with Gasteiger partial charge in [0, 0.05) is 13.1 Å². The molecule has 0 bridgehead atoms. The van der Waals surface area contributed by atoms with Crippen LogP contribution in [0.1, 0.15) is 50.5 Å². The summed E-state index contributed by atoms with van der Waals surface area (Å²) >= 11 is 0. The first-order chi connectivity index (χ1) is 11.4. The molecule has 24 heavy (non-hydrogen) atoms. The number of aromatic nitrogens is 2. The number of morpholine rings is 1. The first kappa shape index (κ1) is 17.8. The fourth-order valence-electron chi connectivity index (χ4n) is 3.25. The fraction of sp³-hybridized carbons (Fsp3) is 0.867. The Morgan fingerprint density at radius 2 is 2.17 bits per heavy atom. The summed E-state index contributed by atoms with van der Waals surface area (Å²) in [6.07, 6.45) is 5.50. The molecule has 3 rings (SSSR count). The van der Waals surface area contributed by atoms with Crippen molar-refractivity contribution in [3.8, 4) is 0 Å². The minimum absolute atomic E-state index is 0.196. The molecule has 3 atom stereocenters. The van der Waals surface area contributed by atoms with Gasteiger partial charge < -0.3 is 13.9 Å². The smallest absolute Gasteiger partial charge is 0.246 e. The Morgan fingerprint density at radius 1 is 1.33 bits per heavy atom. The van der Waals surface area contributed by atoms with Gasteiger partial charge in [-0.25, -0.2) is 8.42 Å². The third kappa shape index (κ3) is 4.53. The summed E-state index contributed by atoms with van der Waals surface area (Å²) in [5.41, 5.74) is 0. The van der Waals surface area contributed by atoms with E-state index in [0.29, 0.717) is 30.9 Å². The van der Waals surface area contributed by atoms with Gasteiger partial charge in [-0.1, -0.05) is 19.8 Å². The molecular formula is C15H25N3O5S. The third-order valence-electron chi connectivity index (χ3n) is 4.59. The highest BCUT2D eigenvalue weighted by Crippen LogP contribution is 2.27. The Labute approximate surface area is 142 Å². The largest absolute Gasteiger partial charge is 0.420 e. The summed E-state index contributed by atoms with van der Waals surface area (Å²) in [6.45, 7) is 3.38. The lowest BCUT2D eigenvalue weighted by Crippen LogP contribution is -2.41. The molecule has 1 aliphatic heterocycles. The van der Waals surface area contributed by atoms with E-state index in [9.17, 15) is 8.42 Å². The van der Waals surface area contributed by atoms with Gasteiger partial charge in [-0.15, -0.1) is 10.2 Å². The van der Waals surface area contributed by atoms with E-state index in [1.807, 2.05) is 0 Å². The van der Waals surface area contributed by atoms with Crippen LogP contribution in [0.2, 0.25) is 0 Å². The summed E-state index contributed by atoms with van der Waals surface area (Å²) in [6, 6.07) is 0. The van der Waals surface area contributed by atoms with E-state index in [1.54, 1.807) is 0 Å². The predicted octanol–water partition coefficient (Wildman–Crippen LogP) is 1.50. The normalized spacial score (nSPS) is 29.7. The topological polar surface area (TPSA) is 94.8 Å². The third-order valence-corrected chi connectivity index (χ3v) is 5.86. The zero-order valence-corrected chi connectivity index (χ0v) is 15.0. The first-order valence-electron chi connectivity index (χ1n) is 8.42. The van der Waals surface area contributed by atoms with Crippen LogP contribution in [-0.2, 0) is 26.1 Å². The number of nitrogens with zero attached hydrogens (tertiary/aromatic N) is 3. The maximum absolute atomic E-state index is 11.7. The van der Waals surface area contributed by atoms with Crippen LogP contribution in [0.15, 0.2) is 4.42 Å². The van der Waals surface area contributed by atoms with Crippen molar-refractivity contribution in [2.75, 3.05) is 26.0 Å². The minimum atomic E-state index is -3.25. The van der Waals surface area contributed by atoms with E-state index in [-0.39, 0.29) is 19.3 Å². The molecule has 8 nitrogen and oxygen atoms in total. The molecule has 0 aromatic carbocycles. The monoisotopic (exact) mass is 359 g/mol. The minimum Gasteiger partial charge on any atom is -0.420 e. The maximum Gasteiger partial charge on any atom is 0.246 e. The summed E-state index contributed by atoms with van der Waals surface area (Å²) in [7, 11) is -3.25. The highest BCUT2D eigenvalue weighted by atomic mass is 32.2. The lowest BCUT2D eigenvalue weighted by molar-refractivity contribution is -0.0233. The second kappa shape index (κ2) is 7.47. The zero-order chi connectivity index (χ0) is 17.2. The molecule has 0 N–H and O–H groups in total. The Balaban J connectivity index is 1.55. The highest BCUT2D eigenvalue weighted by molar-refractivity contribution is 7.88. The lowest BCUT2D eigenvalue weighted by Gasteiger charge is -2.29. The van der Waals surface area contributed by atoms with Crippen LogP contribution in [0.25, 0.3) is 0 Å².